The van der Waals surface area contributed by atoms with Crippen LogP contribution in [0, 0.1) is 5.92 Å². The smallest absolute Gasteiger partial charge is 0.251 e. The average Bonchev–Trinajstić information content (AvgIpc) is 2.34. The lowest BCUT2D eigenvalue weighted by Gasteiger charge is -2.08. The minimum Gasteiger partial charge on any atom is -0.399 e. The summed E-state index contributed by atoms with van der Waals surface area (Å²) in [5.74, 6) is 0.480. The van der Waals surface area contributed by atoms with Crippen molar-refractivity contribution < 1.29 is 9.53 Å². The van der Waals surface area contributed by atoms with Gasteiger partial charge < -0.3 is 15.8 Å². The van der Waals surface area contributed by atoms with Gasteiger partial charge in [-0.15, -0.1) is 12.4 Å². The number of halogens is 1. The van der Waals surface area contributed by atoms with Crippen LogP contribution in [-0.4, -0.2) is 25.7 Å². The van der Waals surface area contributed by atoms with Crippen molar-refractivity contribution in [2.75, 3.05) is 25.5 Å². The van der Waals surface area contributed by atoms with Crippen LogP contribution in [0.1, 0.15) is 30.6 Å². The van der Waals surface area contributed by atoms with Crippen LogP contribution in [-0.2, 0) is 4.74 Å². The molecule has 1 aromatic carbocycles. The summed E-state index contributed by atoms with van der Waals surface area (Å²) in [4.78, 5) is 11.7. The number of benzene rings is 1. The topological polar surface area (TPSA) is 64.3 Å². The summed E-state index contributed by atoms with van der Waals surface area (Å²) in [6.45, 7) is 6.30. The summed E-state index contributed by atoms with van der Waals surface area (Å²) in [5.41, 5.74) is 6.85. The highest BCUT2D eigenvalue weighted by molar-refractivity contribution is 5.94. The minimum atomic E-state index is -0.0705. The summed E-state index contributed by atoms with van der Waals surface area (Å²) in [7, 11) is 0. The van der Waals surface area contributed by atoms with Crippen LogP contribution < -0.4 is 11.1 Å². The summed E-state index contributed by atoms with van der Waals surface area (Å²) >= 11 is 0. The Bertz CT molecular complexity index is 366. The molecule has 4 nitrogen and oxygen atoms in total. The Balaban J connectivity index is 0.00000324. The Morgan fingerprint density at radius 1 is 1.32 bits per heavy atom. The van der Waals surface area contributed by atoms with E-state index in [1.165, 1.54) is 0 Å². The molecule has 0 aliphatic heterocycles. The standard InChI is InChI=1S/C14H22N2O2.ClH/c1-11(2)10-18-9-3-8-16-14(17)12-4-6-13(15)7-5-12;/h4-7,11H,3,8-10,15H2,1-2H3,(H,16,17);1H. The van der Waals surface area contributed by atoms with Crippen LogP contribution >= 0.6 is 12.4 Å². The van der Waals surface area contributed by atoms with Crippen molar-refractivity contribution in [1.82, 2.24) is 5.32 Å². The molecule has 3 N–H and O–H groups in total. The van der Waals surface area contributed by atoms with Gasteiger partial charge >= 0.3 is 0 Å². The Hall–Kier alpha value is -1.26. The van der Waals surface area contributed by atoms with Crippen LogP contribution in [0.5, 0.6) is 0 Å². The summed E-state index contributed by atoms with van der Waals surface area (Å²) in [5, 5.41) is 2.85. The predicted octanol–water partition coefficient (Wildman–Crippen LogP) is 2.48. The van der Waals surface area contributed by atoms with Crippen molar-refractivity contribution in [3.63, 3.8) is 0 Å². The Kier molecular flexibility index (Phi) is 9.00. The number of amides is 1. The van der Waals surface area contributed by atoms with Gasteiger partial charge in [0.25, 0.3) is 5.91 Å². The molecular formula is C14H23ClN2O2. The molecule has 0 saturated carbocycles. The number of hydrogen-bond acceptors (Lipinski definition) is 3. The maximum Gasteiger partial charge on any atom is 0.251 e. The van der Waals surface area contributed by atoms with Crippen molar-refractivity contribution in [3.05, 3.63) is 29.8 Å². The third kappa shape index (κ3) is 7.70. The second-order valence-corrected chi connectivity index (χ2v) is 4.70. The molecule has 5 heteroatoms. The monoisotopic (exact) mass is 286 g/mol. The van der Waals surface area contributed by atoms with Gasteiger partial charge in [-0.25, -0.2) is 0 Å². The zero-order valence-corrected chi connectivity index (χ0v) is 12.3. The molecule has 0 saturated heterocycles. The van der Waals surface area contributed by atoms with Crippen molar-refractivity contribution >= 4 is 24.0 Å². The first-order valence-corrected chi connectivity index (χ1v) is 6.31. The molecule has 0 bridgehead atoms. The van der Waals surface area contributed by atoms with E-state index in [2.05, 4.69) is 19.2 Å². The second-order valence-electron chi connectivity index (χ2n) is 4.70. The number of nitrogen functional groups attached to an aromatic ring is 1. The summed E-state index contributed by atoms with van der Waals surface area (Å²) < 4.78 is 5.43. The second kappa shape index (κ2) is 9.64. The summed E-state index contributed by atoms with van der Waals surface area (Å²) in [6, 6.07) is 6.89. The highest BCUT2D eigenvalue weighted by Gasteiger charge is 2.03. The average molecular weight is 287 g/mol. The van der Waals surface area contributed by atoms with Crippen molar-refractivity contribution in [1.29, 1.82) is 0 Å². The number of hydrogen-bond donors (Lipinski definition) is 2. The van der Waals surface area contributed by atoms with Crippen molar-refractivity contribution in [2.45, 2.75) is 20.3 Å². The molecule has 0 fully saturated rings. The maximum atomic E-state index is 11.7. The molecule has 0 radical (unpaired) electrons. The van der Waals surface area contributed by atoms with E-state index in [1.807, 2.05) is 0 Å². The highest BCUT2D eigenvalue weighted by atomic mass is 35.5. The number of ether oxygens (including phenoxy) is 1. The number of carbonyl (C=O) groups is 1. The summed E-state index contributed by atoms with van der Waals surface area (Å²) in [6.07, 6.45) is 0.827. The highest BCUT2D eigenvalue weighted by Crippen LogP contribution is 2.04. The van der Waals surface area contributed by atoms with E-state index < -0.39 is 0 Å². The van der Waals surface area contributed by atoms with Crippen LogP contribution in [0.15, 0.2) is 24.3 Å². The van der Waals surface area contributed by atoms with Gasteiger partial charge in [-0.2, -0.15) is 0 Å². The quantitative estimate of drug-likeness (QED) is 0.598. The van der Waals surface area contributed by atoms with Gasteiger partial charge in [0.15, 0.2) is 0 Å². The molecule has 1 aromatic rings. The molecular weight excluding hydrogens is 264 g/mol. The van der Waals surface area contributed by atoms with E-state index >= 15 is 0 Å². The van der Waals surface area contributed by atoms with Gasteiger partial charge in [-0.1, -0.05) is 13.8 Å². The van der Waals surface area contributed by atoms with E-state index in [0.29, 0.717) is 30.3 Å². The molecule has 1 amide bonds. The lowest BCUT2D eigenvalue weighted by molar-refractivity contribution is 0.0925. The number of nitrogens with two attached hydrogens (primary N) is 1. The van der Waals surface area contributed by atoms with Crippen LogP contribution in [0.3, 0.4) is 0 Å². The first kappa shape index (κ1) is 17.7. The number of nitrogens with one attached hydrogen (secondary N) is 1. The first-order valence-electron chi connectivity index (χ1n) is 6.31. The number of rotatable bonds is 7. The molecule has 0 aliphatic carbocycles. The molecule has 19 heavy (non-hydrogen) atoms. The largest absolute Gasteiger partial charge is 0.399 e. The zero-order chi connectivity index (χ0) is 13.4. The van der Waals surface area contributed by atoms with Crippen LogP contribution in [0.25, 0.3) is 0 Å². The van der Waals surface area contributed by atoms with E-state index in [-0.39, 0.29) is 18.3 Å². The number of anilines is 1. The molecule has 1 rings (SSSR count). The SMILES string of the molecule is CC(C)COCCCNC(=O)c1ccc(N)cc1.Cl. The van der Waals surface area contributed by atoms with Crippen LogP contribution in [0.4, 0.5) is 5.69 Å². The molecule has 0 spiro atoms. The number of carbonyl (C=O) groups excluding carboxylic acids is 1. The Morgan fingerprint density at radius 3 is 2.53 bits per heavy atom. The molecule has 0 aliphatic rings. The van der Waals surface area contributed by atoms with Gasteiger partial charge in [0.05, 0.1) is 0 Å². The maximum absolute atomic E-state index is 11.7. The fraction of sp³-hybridized carbons (Fsp3) is 0.500. The van der Waals surface area contributed by atoms with Gasteiger partial charge in [-0.3, -0.25) is 4.79 Å². The lowest BCUT2D eigenvalue weighted by atomic mass is 10.2. The van der Waals surface area contributed by atoms with Crippen molar-refractivity contribution in [2.24, 2.45) is 5.92 Å². The predicted molar refractivity (Wildman–Crippen MR) is 80.7 cm³/mol. The Labute approximate surface area is 121 Å². The van der Waals surface area contributed by atoms with Gasteiger partial charge in [0, 0.05) is 31.0 Å². The molecule has 0 atom stereocenters. The zero-order valence-electron chi connectivity index (χ0n) is 11.5. The Morgan fingerprint density at radius 2 is 1.95 bits per heavy atom. The third-order valence-electron chi connectivity index (χ3n) is 2.38. The lowest BCUT2D eigenvalue weighted by Crippen LogP contribution is -2.25. The van der Waals surface area contributed by atoms with Gasteiger partial charge in [-0.05, 0) is 36.6 Å². The molecule has 0 aromatic heterocycles. The van der Waals surface area contributed by atoms with E-state index in [1.54, 1.807) is 24.3 Å². The third-order valence-corrected chi connectivity index (χ3v) is 2.38. The van der Waals surface area contributed by atoms with E-state index in [0.717, 1.165) is 13.0 Å². The normalized spacial score (nSPS) is 10.1. The van der Waals surface area contributed by atoms with E-state index in [9.17, 15) is 4.79 Å². The fourth-order valence-electron chi connectivity index (χ4n) is 1.43. The van der Waals surface area contributed by atoms with Crippen LogP contribution in [0.2, 0.25) is 0 Å². The van der Waals surface area contributed by atoms with Gasteiger partial charge in [0.1, 0.15) is 0 Å². The minimum absolute atomic E-state index is 0. The first-order chi connectivity index (χ1) is 8.59. The molecule has 0 unspecified atom stereocenters. The molecule has 0 heterocycles. The fourth-order valence-corrected chi connectivity index (χ4v) is 1.43. The van der Waals surface area contributed by atoms with E-state index in [4.69, 9.17) is 10.5 Å². The van der Waals surface area contributed by atoms with Gasteiger partial charge in [0.2, 0.25) is 0 Å². The molecule has 108 valence electrons. The van der Waals surface area contributed by atoms with Crippen molar-refractivity contribution in [3.8, 4) is 0 Å².